The van der Waals surface area contributed by atoms with E-state index in [0.29, 0.717) is 28.4 Å². The fourth-order valence-electron chi connectivity index (χ4n) is 2.84. The summed E-state index contributed by atoms with van der Waals surface area (Å²) in [5.41, 5.74) is 1.49. The highest BCUT2D eigenvalue weighted by Gasteiger charge is 2.15. The van der Waals surface area contributed by atoms with E-state index in [0.717, 1.165) is 10.2 Å². The number of hydrogen-bond donors (Lipinski definition) is 0. The predicted molar refractivity (Wildman–Crippen MR) is 111 cm³/mol. The third kappa shape index (κ3) is 4.19. The Balaban J connectivity index is 1.98. The van der Waals surface area contributed by atoms with Crippen molar-refractivity contribution in [1.82, 2.24) is 4.57 Å². The summed E-state index contributed by atoms with van der Waals surface area (Å²) in [5.74, 6) is 0.924. The summed E-state index contributed by atoms with van der Waals surface area (Å²) in [6, 6.07) is 9.55. The van der Waals surface area contributed by atoms with Crippen molar-refractivity contribution in [3.63, 3.8) is 0 Å². The molecule has 0 spiro atoms. The van der Waals surface area contributed by atoms with Gasteiger partial charge in [0.05, 0.1) is 19.1 Å². The number of fused-ring (bicyclic) bond motifs is 1. The molecular formula is C20H19N3O5S. The third-order valence-corrected chi connectivity index (χ3v) is 5.33. The van der Waals surface area contributed by atoms with Gasteiger partial charge < -0.3 is 14.0 Å². The van der Waals surface area contributed by atoms with Gasteiger partial charge in [-0.25, -0.2) is 0 Å². The van der Waals surface area contributed by atoms with Crippen LogP contribution in [0.1, 0.15) is 12.5 Å². The topological polar surface area (TPSA) is 96.0 Å². The van der Waals surface area contributed by atoms with Crippen LogP contribution in [0.25, 0.3) is 16.3 Å². The van der Waals surface area contributed by atoms with Gasteiger partial charge in [0.25, 0.3) is 11.6 Å². The number of ether oxygens (including phenoxy) is 2. The molecule has 0 aliphatic carbocycles. The fourth-order valence-corrected chi connectivity index (χ4v) is 4.05. The van der Waals surface area contributed by atoms with Crippen LogP contribution in [0.5, 0.6) is 11.5 Å². The van der Waals surface area contributed by atoms with Crippen molar-refractivity contribution >= 4 is 39.2 Å². The normalized spacial score (nSPS) is 11.9. The minimum atomic E-state index is -0.471. The molecule has 0 atom stereocenters. The number of benzene rings is 2. The Labute approximate surface area is 170 Å². The Bertz CT molecular complexity index is 1160. The Kier molecular flexibility index (Phi) is 6.08. The molecule has 1 aromatic heterocycles. The van der Waals surface area contributed by atoms with Gasteiger partial charge in [0.1, 0.15) is 21.7 Å². The van der Waals surface area contributed by atoms with Crippen LogP contribution in [0.2, 0.25) is 0 Å². The van der Waals surface area contributed by atoms with Crippen LogP contribution >= 0.6 is 11.3 Å². The van der Waals surface area contributed by atoms with Gasteiger partial charge in [0, 0.05) is 24.8 Å². The second-order valence-corrected chi connectivity index (χ2v) is 6.89. The second kappa shape index (κ2) is 8.70. The van der Waals surface area contributed by atoms with Gasteiger partial charge in [-0.2, -0.15) is 4.99 Å². The van der Waals surface area contributed by atoms with Crippen molar-refractivity contribution in [3.05, 3.63) is 63.0 Å². The number of nitrogens with zero attached hydrogens (tertiary/aromatic N) is 3. The number of nitro benzene ring substituents is 1. The lowest BCUT2D eigenvalue weighted by molar-refractivity contribution is -0.384. The van der Waals surface area contributed by atoms with Gasteiger partial charge in [-0.3, -0.25) is 14.9 Å². The van der Waals surface area contributed by atoms with Gasteiger partial charge >= 0.3 is 0 Å². The number of non-ortho nitro benzene ring substituents is 1. The monoisotopic (exact) mass is 413 g/mol. The van der Waals surface area contributed by atoms with E-state index in [1.807, 2.05) is 23.6 Å². The van der Waals surface area contributed by atoms with E-state index >= 15 is 0 Å². The van der Waals surface area contributed by atoms with Gasteiger partial charge in [-0.1, -0.05) is 11.3 Å². The van der Waals surface area contributed by atoms with Crippen molar-refractivity contribution in [2.45, 2.75) is 13.5 Å². The summed E-state index contributed by atoms with van der Waals surface area (Å²) >= 11 is 1.35. The molecule has 0 radical (unpaired) electrons. The molecule has 0 fully saturated rings. The summed E-state index contributed by atoms with van der Waals surface area (Å²) in [6.07, 6.45) is 2.90. The number of amides is 1. The van der Waals surface area contributed by atoms with E-state index in [-0.39, 0.29) is 5.69 Å². The molecule has 0 saturated carbocycles. The molecule has 150 valence electrons. The summed E-state index contributed by atoms with van der Waals surface area (Å²) in [5, 5.41) is 10.7. The summed E-state index contributed by atoms with van der Waals surface area (Å²) in [4.78, 5) is 27.4. The SMILES string of the molecule is CCn1c(=NC(=O)C=Cc2ccc([N+](=O)[O-])cc2)sc2c(OC)ccc(OC)c21. The van der Waals surface area contributed by atoms with E-state index in [9.17, 15) is 14.9 Å². The molecule has 9 heteroatoms. The highest BCUT2D eigenvalue weighted by atomic mass is 32.1. The molecule has 2 aromatic carbocycles. The number of carbonyl (C=O) groups excluding carboxylic acids is 1. The lowest BCUT2D eigenvalue weighted by atomic mass is 10.2. The summed E-state index contributed by atoms with van der Waals surface area (Å²) in [7, 11) is 3.18. The van der Waals surface area contributed by atoms with Gasteiger partial charge in [-0.05, 0) is 42.8 Å². The average molecular weight is 413 g/mol. The van der Waals surface area contributed by atoms with Crippen LogP contribution in [-0.2, 0) is 11.3 Å². The Morgan fingerprint density at radius 1 is 1.17 bits per heavy atom. The van der Waals surface area contributed by atoms with Gasteiger partial charge in [0.2, 0.25) is 0 Å². The number of hydrogen-bond acceptors (Lipinski definition) is 6. The minimum absolute atomic E-state index is 0.00433. The third-order valence-electron chi connectivity index (χ3n) is 4.24. The first-order valence-electron chi connectivity index (χ1n) is 8.74. The summed E-state index contributed by atoms with van der Waals surface area (Å²) < 4.78 is 13.6. The lowest BCUT2D eigenvalue weighted by Gasteiger charge is -2.08. The standard InChI is InChI=1S/C20H19N3O5S/c1-4-22-18-15(27-2)10-11-16(28-3)19(18)29-20(22)21-17(24)12-7-13-5-8-14(9-6-13)23(25)26/h5-12H,4H2,1-3H3. The predicted octanol–water partition coefficient (Wildman–Crippen LogP) is 3.79. The van der Waals surface area contributed by atoms with Crippen LogP contribution < -0.4 is 14.3 Å². The zero-order valence-electron chi connectivity index (χ0n) is 16.1. The second-order valence-electron chi connectivity index (χ2n) is 5.91. The van der Waals surface area contributed by atoms with Crippen molar-refractivity contribution in [2.24, 2.45) is 4.99 Å². The molecule has 0 saturated heterocycles. The number of aromatic nitrogens is 1. The lowest BCUT2D eigenvalue weighted by Crippen LogP contribution is -2.15. The van der Waals surface area contributed by atoms with Crippen molar-refractivity contribution in [2.75, 3.05) is 14.2 Å². The number of carbonyl (C=O) groups is 1. The number of nitro groups is 1. The van der Waals surface area contributed by atoms with E-state index in [1.165, 1.54) is 29.5 Å². The molecule has 1 amide bonds. The van der Waals surface area contributed by atoms with Crippen LogP contribution in [0.4, 0.5) is 5.69 Å². The van der Waals surface area contributed by atoms with Crippen molar-refractivity contribution in [3.8, 4) is 11.5 Å². The maximum absolute atomic E-state index is 12.4. The molecular weight excluding hydrogens is 394 g/mol. The van der Waals surface area contributed by atoms with E-state index in [1.54, 1.807) is 32.4 Å². The van der Waals surface area contributed by atoms with E-state index < -0.39 is 10.8 Å². The van der Waals surface area contributed by atoms with E-state index in [2.05, 4.69) is 4.99 Å². The number of thiazole rings is 1. The maximum Gasteiger partial charge on any atom is 0.272 e. The summed E-state index contributed by atoms with van der Waals surface area (Å²) in [6.45, 7) is 2.56. The quantitative estimate of drug-likeness (QED) is 0.348. The first-order chi connectivity index (χ1) is 14.0. The van der Waals surface area contributed by atoms with E-state index in [4.69, 9.17) is 9.47 Å². The molecule has 0 unspecified atom stereocenters. The zero-order valence-corrected chi connectivity index (χ0v) is 16.9. The maximum atomic E-state index is 12.4. The zero-order chi connectivity index (χ0) is 21.0. The molecule has 0 aliphatic heterocycles. The molecule has 3 rings (SSSR count). The molecule has 0 bridgehead atoms. The van der Waals surface area contributed by atoms with Crippen LogP contribution in [-0.4, -0.2) is 29.6 Å². The Hall–Kier alpha value is -3.46. The Morgan fingerprint density at radius 2 is 1.83 bits per heavy atom. The smallest absolute Gasteiger partial charge is 0.272 e. The van der Waals surface area contributed by atoms with Crippen LogP contribution in [0.15, 0.2) is 47.5 Å². The van der Waals surface area contributed by atoms with Gasteiger partial charge in [-0.15, -0.1) is 0 Å². The number of methoxy groups -OCH3 is 2. The number of aryl methyl sites for hydroxylation is 1. The van der Waals surface area contributed by atoms with Crippen molar-refractivity contribution in [1.29, 1.82) is 0 Å². The molecule has 8 nitrogen and oxygen atoms in total. The molecule has 0 N–H and O–H groups in total. The van der Waals surface area contributed by atoms with Gasteiger partial charge in [0.15, 0.2) is 4.80 Å². The first-order valence-corrected chi connectivity index (χ1v) is 9.55. The molecule has 1 heterocycles. The molecule has 0 aliphatic rings. The van der Waals surface area contributed by atoms with Crippen LogP contribution in [0, 0.1) is 10.1 Å². The largest absolute Gasteiger partial charge is 0.495 e. The van der Waals surface area contributed by atoms with Crippen molar-refractivity contribution < 1.29 is 19.2 Å². The van der Waals surface area contributed by atoms with Crippen LogP contribution in [0.3, 0.4) is 0 Å². The average Bonchev–Trinajstić information content (AvgIpc) is 3.09. The Morgan fingerprint density at radius 3 is 2.41 bits per heavy atom. The highest BCUT2D eigenvalue weighted by molar-refractivity contribution is 7.16. The first kappa shape index (κ1) is 20.3. The molecule has 3 aromatic rings. The molecule has 29 heavy (non-hydrogen) atoms. The highest BCUT2D eigenvalue weighted by Crippen LogP contribution is 2.35. The number of rotatable bonds is 6. The fraction of sp³-hybridized carbons (Fsp3) is 0.200. The minimum Gasteiger partial charge on any atom is -0.495 e.